The molecule has 2 aromatic heterocycles. The highest BCUT2D eigenvalue weighted by atomic mass is 32.1. The zero-order valence-corrected chi connectivity index (χ0v) is 17.4. The fourth-order valence-corrected chi connectivity index (χ4v) is 3.58. The predicted molar refractivity (Wildman–Crippen MR) is 116 cm³/mol. The Morgan fingerprint density at radius 2 is 2.04 bits per heavy atom. The first-order valence-corrected chi connectivity index (χ1v) is 10.6. The van der Waals surface area contributed by atoms with Gasteiger partial charge in [0, 0.05) is 56.8 Å². The quantitative estimate of drug-likeness (QED) is 0.431. The van der Waals surface area contributed by atoms with Gasteiger partial charge >= 0.3 is 0 Å². The van der Waals surface area contributed by atoms with E-state index in [1.54, 1.807) is 11.3 Å². The van der Waals surface area contributed by atoms with Crippen molar-refractivity contribution in [1.29, 1.82) is 0 Å². The first-order valence-electron chi connectivity index (χ1n) is 9.71. The van der Waals surface area contributed by atoms with E-state index in [9.17, 15) is 0 Å². The molecule has 3 aromatic rings. The third-order valence-electron chi connectivity index (χ3n) is 4.29. The normalized spacial score (nSPS) is 11.6. The van der Waals surface area contributed by atoms with Crippen LogP contribution in [0.15, 0.2) is 53.1 Å². The van der Waals surface area contributed by atoms with Crippen LogP contribution in [0.5, 0.6) is 0 Å². The molecule has 0 amide bonds. The molecule has 0 aliphatic heterocycles. The number of aliphatic imine (C=N–C) groups is 1. The van der Waals surface area contributed by atoms with Gasteiger partial charge in [-0.05, 0) is 19.4 Å². The first kappa shape index (κ1) is 20.1. The van der Waals surface area contributed by atoms with Crippen LogP contribution in [0.1, 0.15) is 29.0 Å². The lowest BCUT2D eigenvalue weighted by Crippen LogP contribution is -2.38. The Bertz CT molecular complexity index is 868. The average Bonchev–Trinajstić information content (AvgIpc) is 3.31. The van der Waals surface area contributed by atoms with E-state index in [2.05, 4.69) is 61.7 Å². The second-order valence-corrected chi connectivity index (χ2v) is 7.56. The van der Waals surface area contributed by atoms with E-state index >= 15 is 0 Å². The third kappa shape index (κ3) is 6.20. The van der Waals surface area contributed by atoms with Crippen LogP contribution in [-0.4, -0.2) is 40.1 Å². The number of thiazole rings is 1. The first-order chi connectivity index (χ1) is 13.7. The molecular weight excluding hydrogens is 368 g/mol. The van der Waals surface area contributed by atoms with Crippen LogP contribution in [0, 0.1) is 6.92 Å². The number of imidazole rings is 1. The monoisotopic (exact) mass is 396 g/mol. The summed E-state index contributed by atoms with van der Waals surface area (Å²) in [4.78, 5) is 13.7. The van der Waals surface area contributed by atoms with E-state index in [1.807, 2.05) is 25.4 Å². The number of hydrogen-bond donors (Lipinski definition) is 2. The Kier molecular flexibility index (Phi) is 7.61. The van der Waals surface area contributed by atoms with Crippen LogP contribution in [0.25, 0.3) is 0 Å². The van der Waals surface area contributed by atoms with Gasteiger partial charge in [0.15, 0.2) is 5.96 Å². The van der Waals surface area contributed by atoms with Gasteiger partial charge in [-0.2, -0.15) is 0 Å². The number of nitrogens with one attached hydrogen (secondary N) is 2. The molecule has 3 rings (SSSR count). The van der Waals surface area contributed by atoms with Crippen molar-refractivity contribution in [2.45, 2.75) is 33.2 Å². The number of rotatable bonds is 9. The van der Waals surface area contributed by atoms with Crippen LogP contribution < -0.4 is 10.6 Å². The predicted octanol–water partition coefficient (Wildman–Crippen LogP) is 3.04. The summed E-state index contributed by atoms with van der Waals surface area (Å²) in [6.07, 6.45) is 5.60. The lowest BCUT2D eigenvalue weighted by Gasteiger charge is -2.11. The zero-order valence-electron chi connectivity index (χ0n) is 16.6. The van der Waals surface area contributed by atoms with Gasteiger partial charge in [0.25, 0.3) is 0 Å². The van der Waals surface area contributed by atoms with E-state index in [0.717, 1.165) is 55.0 Å². The van der Waals surface area contributed by atoms with Crippen molar-refractivity contribution < 1.29 is 0 Å². The van der Waals surface area contributed by atoms with Crippen LogP contribution in [-0.2, 0) is 19.4 Å². The lowest BCUT2D eigenvalue weighted by atomic mass is 10.2. The van der Waals surface area contributed by atoms with E-state index < -0.39 is 0 Å². The van der Waals surface area contributed by atoms with Gasteiger partial charge in [-0.3, -0.25) is 4.99 Å². The molecule has 0 atom stereocenters. The molecule has 2 heterocycles. The molecule has 0 unspecified atom stereocenters. The van der Waals surface area contributed by atoms with Crippen LogP contribution in [0.3, 0.4) is 0 Å². The highest BCUT2D eigenvalue weighted by molar-refractivity contribution is 7.09. The van der Waals surface area contributed by atoms with Crippen molar-refractivity contribution in [3.05, 3.63) is 70.2 Å². The van der Waals surface area contributed by atoms with Gasteiger partial charge in [0.1, 0.15) is 5.82 Å². The summed E-state index contributed by atoms with van der Waals surface area (Å²) in [6, 6.07) is 10.4. The van der Waals surface area contributed by atoms with Crippen molar-refractivity contribution in [1.82, 2.24) is 25.2 Å². The summed E-state index contributed by atoms with van der Waals surface area (Å²) < 4.78 is 2.19. The summed E-state index contributed by atoms with van der Waals surface area (Å²) in [7, 11) is 0. The Morgan fingerprint density at radius 1 is 1.18 bits per heavy atom. The van der Waals surface area contributed by atoms with Gasteiger partial charge in [-0.1, -0.05) is 30.3 Å². The van der Waals surface area contributed by atoms with Crippen molar-refractivity contribution in [2.75, 3.05) is 19.6 Å². The Hall–Kier alpha value is -2.67. The molecule has 0 saturated heterocycles. The zero-order chi connectivity index (χ0) is 19.6. The van der Waals surface area contributed by atoms with Gasteiger partial charge in [0.05, 0.1) is 10.7 Å². The van der Waals surface area contributed by atoms with Crippen molar-refractivity contribution in [3.8, 4) is 0 Å². The maximum absolute atomic E-state index is 4.70. The molecule has 0 aliphatic rings. The maximum Gasteiger partial charge on any atom is 0.191 e. The smallest absolute Gasteiger partial charge is 0.191 e. The fraction of sp³-hybridized carbons (Fsp3) is 0.381. The van der Waals surface area contributed by atoms with Gasteiger partial charge < -0.3 is 15.2 Å². The van der Waals surface area contributed by atoms with Crippen molar-refractivity contribution >= 4 is 17.3 Å². The average molecular weight is 397 g/mol. The molecular formula is C21H28N6S. The minimum Gasteiger partial charge on any atom is -0.357 e. The van der Waals surface area contributed by atoms with Crippen molar-refractivity contribution in [3.63, 3.8) is 0 Å². The van der Waals surface area contributed by atoms with E-state index in [1.165, 1.54) is 5.56 Å². The van der Waals surface area contributed by atoms with E-state index in [4.69, 9.17) is 4.99 Å². The number of aromatic nitrogens is 3. The molecule has 0 radical (unpaired) electrons. The number of guanidine groups is 1. The number of hydrogen-bond acceptors (Lipinski definition) is 4. The lowest BCUT2D eigenvalue weighted by molar-refractivity contribution is 0.712. The van der Waals surface area contributed by atoms with Gasteiger partial charge in [-0.15, -0.1) is 11.3 Å². The van der Waals surface area contributed by atoms with E-state index in [0.29, 0.717) is 6.54 Å². The molecule has 28 heavy (non-hydrogen) atoms. The Morgan fingerprint density at radius 3 is 2.79 bits per heavy atom. The Labute approximate surface area is 170 Å². The molecule has 0 spiro atoms. The number of benzene rings is 1. The highest BCUT2D eigenvalue weighted by Gasteiger charge is 2.04. The Balaban J connectivity index is 1.50. The summed E-state index contributed by atoms with van der Waals surface area (Å²) in [5, 5.41) is 9.92. The van der Waals surface area contributed by atoms with Crippen LogP contribution >= 0.6 is 11.3 Å². The summed E-state index contributed by atoms with van der Waals surface area (Å²) >= 11 is 1.69. The minimum atomic E-state index is 0.691. The third-order valence-corrected chi connectivity index (χ3v) is 5.11. The van der Waals surface area contributed by atoms with E-state index in [-0.39, 0.29) is 0 Å². The topological polar surface area (TPSA) is 67.1 Å². The summed E-state index contributed by atoms with van der Waals surface area (Å²) in [6.45, 7) is 7.30. The van der Waals surface area contributed by atoms with Crippen LogP contribution in [0.4, 0.5) is 0 Å². The summed E-state index contributed by atoms with van der Waals surface area (Å²) in [5.41, 5.74) is 2.41. The van der Waals surface area contributed by atoms with Gasteiger partial charge in [-0.25, -0.2) is 9.97 Å². The molecule has 148 valence electrons. The fourth-order valence-electron chi connectivity index (χ4n) is 2.93. The largest absolute Gasteiger partial charge is 0.357 e. The molecule has 1 aromatic carbocycles. The SMILES string of the molecule is CCNC(=NCCc1nccn1Cc1ccccc1)NCCc1csc(C)n1. The number of nitrogens with zero attached hydrogens (tertiary/aromatic N) is 4. The molecule has 2 N–H and O–H groups in total. The minimum absolute atomic E-state index is 0.691. The second kappa shape index (κ2) is 10.6. The molecule has 0 bridgehead atoms. The summed E-state index contributed by atoms with van der Waals surface area (Å²) in [5.74, 6) is 1.90. The maximum atomic E-state index is 4.70. The molecule has 0 aliphatic carbocycles. The molecule has 0 fully saturated rings. The number of aryl methyl sites for hydroxylation is 1. The molecule has 0 saturated carbocycles. The molecule has 6 nitrogen and oxygen atoms in total. The van der Waals surface area contributed by atoms with Crippen LogP contribution in [0.2, 0.25) is 0 Å². The highest BCUT2D eigenvalue weighted by Crippen LogP contribution is 2.08. The second-order valence-electron chi connectivity index (χ2n) is 6.50. The van der Waals surface area contributed by atoms with Gasteiger partial charge in [0.2, 0.25) is 0 Å². The standard InChI is InChI=1S/C21H28N6S/c1-3-22-21(24-11-9-19-16-28-17(2)26-19)25-12-10-20-23-13-14-27(20)15-18-7-5-4-6-8-18/h4-8,13-14,16H,3,9-12,15H2,1-2H3,(H2,22,24,25). The molecule has 7 heteroatoms. The van der Waals surface area contributed by atoms with Crippen molar-refractivity contribution in [2.24, 2.45) is 4.99 Å².